The van der Waals surface area contributed by atoms with E-state index < -0.39 is 23.4 Å². The number of carbonyl (C=O) groups is 3. The Kier molecular flexibility index (Phi) is 5.35. The van der Waals surface area contributed by atoms with Crippen molar-refractivity contribution in [1.29, 1.82) is 0 Å². The fourth-order valence-corrected chi connectivity index (χ4v) is 5.30. The summed E-state index contributed by atoms with van der Waals surface area (Å²) in [6.07, 6.45) is 0.852. The van der Waals surface area contributed by atoms with Gasteiger partial charge >= 0.3 is 12.1 Å². The maximum absolute atomic E-state index is 13.0. The standard InChI is InChI=1S/C26H28N2O5/c1-16-12-28(13-21(16)23(29)30)24(31)26(10-11-26)15-27-25(32)33-14-22-19-8-4-2-6-17(19)18-7-3-5-9-20(18)22/h2-9,16,21-22H,10-15H2,1H3,(H,27,32)(H,29,30). The number of ether oxygens (including phenoxy) is 1. The van der Waals surface area contributed by atoms with Crippen molar-refractivity contribution < 1.29 is 24.2 Å². The van der Waals surface area contributed by atoms with Gasteiger partial charge in [-0.25, -0.2) is 4.79 Å². The lowest BCUT2D eigenvalue weighted by molar-refractivity contribution is -0.142. The normalized spacial score (nSPS) is 22.4. The van der Waals surface area contributed by atoms with Gasteiger partial charge in [-0.1, -0.05) is 55.5 Å². The molecule has 0 radical (unpaired) electrons. The summed E-state index contributed by atoms with van der Waals surface area (Å²) < 4.78 is 5.58. The number of fused-ring (bicyclic) bond motifs is 3. The summed E-state index contributed by atoms with van der Waals surface area (Å²) in [7, 11) is 0. The van der Waals surface area contributed by atoms with Gasteiger partial charge in [0.2, 0.25) is 5.91 Å². The second-order valence-electron chi connectivity index (χ2n) is 9.59. The van der Waals surface area contributed by atoms with E-state index in [1.165, 1.54) is 11.1 Å². The molecule has 3 aliphatic rings. The molecule has 172 valence electrons. The van der Waals surface area contributed by atoms with Crippen LogP contribution in [0.15, 0.2) is 48.5 Å². The molecule has 1 saturated heterocycles. The number of amides is 2. The first-order valence-electron chi connectivity index (χ1n) is 11.5. The molecule has 2 aliphatic carbocycles. The second kappa shape index (κ2) is 8.21. The van der Waals surface area contributed by atoms with E-state index in [0.717, 1.165) is 11.1 Å². The number of alkyl carbamates (subject to hydrolysis) is 1. The van der Waals surface area contributed by atoms with Crippen molar-refractivity contribution in [3.05, 3.63) is 59.7 Å². The monoisotopic (exact) mass is 448 g/mol. The summed E-state index contributed by atoms with van der Waals surface area (Å²) in [6, 6.07) is 16.3. The van der Waals surface area contributed by atoms with E-state index in [9.17, 15) is 19.5 Å². The van der Waals surface area contributed by atoms with Gasteiger partial charge in [0.15, 0.2) is 0 Å². The molecule has 2 atom stereocenters. The molecular weight excluding hydrogens is 420 g/mol. The molecule has 0 bridgehead atoms. The number of benzene rings is 2. The Morgan fingerprint density at radius 1 is 1.03 bits per heavy atom. The summed E-state index contributed by atoms with van der Waals surface area (Å²) in [5, 5.41) is 12.1. The van der Waals surface area contributed by atoms with E-state index in [1.54, 1.807) is 4.90 Å². The van der Waals surface area contributed by atoms with Crippen LogP contribution >= 0.6 is 0 Å². The lowest BCUT2D eigenvalue weighted by Gasteiger charge is -2.23. The van der Waals surface area contributed by atoms with Crippen LogP contribution in [0, 0.1) is 17.3 Å². The minimum absolute atomic E-state index is 0.0151. The van der Waals surface area contributed by atoms with Crippen LogP contribution in [0.5, 0.6) is 0 Å². The van der Waals surface area contributed by atoms with Gasteiger partial charge < -0.3 is 20.1 Å². The number of hydrogen-bond acceptors (Lipinski definition) is 4. The molecule has 2 amide bonds. The van der Waals surface area contributed by atoms with Crippen molar-refractivity contribution in [2.24, 2.45) is 17.3 Å². The first kappa shape index (κ1) is 21.5. The Morgan fingerprint density at radius 2 is 1.64 bits per heavy atom. The zero-order valence-corrected chi connectivity index (χ0v) is 18.6. The molecule has 2 N–H and O–H groups in total. The molecule has 0 spiro atoms. The SMILES string of the molecule is CC1CN(C(=O)C2(CNC(=O)OCC3c4ccccc4-c4ccccc43)CC2)CC1C(=O)O. The predicted molar refractivity (Wildman–Crippen MR) is 122 cm³/mol. The number of nitrogens with zero attached hydrogens (tertiary/aromatic N) is 1. The maximum atomic E-state index is 13.0. The van der Waals surface area contributed by atoms with Gasteiger partial charge in [0, 0.05) is 25.6 Å². The van der Waals surface area contributed by atoms with Crippen LogP contribution < -0.4 is 5.32 Å². The van der Waals surface area contributed by atoms with Crippen molar-refractivity contribution in [3.8, 4) is 11.1 Å². The number of aliphatic carboxylic acids is 1. The van der Waals surface area contributed by atoms with E-state index in [2.05, 4.69) is 29.6 Å². The molecule has 1 aliphatic heterocycles. The number of nitrogens with one attached hydrogen (secondary N) is 1. The lowest BCUT2D eigenvalue weighted by Crippen LogP contribution is -2.42. The molecule has 2 aromatic carbocycles. The zero-order chi connectivity index (χ0) is 23.2. The van der Waals surface area contributed by atoms with E-state index in [0.29, 0.717) is 19.4 Å². The van der Waals surface area contributed by atoms with Crippen LogP contribution in [0.1, 0.15) is 36.8 Å². The fraction of sp³-hybridized carbons (Fsp3) is 0.423. The highest BCUT2D eigenvalue weighted by molar-refractivity contribution is 5.87. The van der Waals surface area contributed by atoms with Crippen molar-refractivity contribution in [3.63, 3.8) is 0 Å². The van der Waals surface area contributed by atoms with Gasteiger partial charge in [0.05, 0.1) is 11.3 Å². The first-order chi connectivity index (χ1) is 15.9. The van der Waals surface area contributed by atoms with Crippen LogP contribution in [0.25, 0.3) is 11.1 Å². The number of likely N-dealkylation sites (tertiary alicyclic amines) is 1. The highest BCUT2D eigenvalue weighted by Gasteiger charge is 2.53. The molecule has 1 saturated carbocycles. The number of hydrogen-bond donors (Lipinski definition) is 2. The van der Waals surface area contributed by atoms with Crippen molar-refractivity contribution in [2.75, 3.05) is 26.2 Å². The number of carboxylic acids is 1. The second-order valence-corrected chi connectivity index (χ2v) is 9.59. The largest absolute Gasteiger partial charge is 0.481 e. The minimum Gasteiger partial charge on any atom is -0.481 e. The molecule has 2 unspecified atom stereocenters. The van der Waals surface area contributed by atoms with Crippen LogP contribution in [-0.4, -0.2) is 54.2 Å². The Bertz CT molecular complexity index is 1060. The fourth-order valence-electron chi connectivity index (χ4n) is 5.30. The van der Waals surface area contributed by atoms with Crippen molar-refractivity contribution in [2.45, 2.75) is 25.7 Å². The lowest BCUT2D eigenvalue weighted by atomic mass is 9.98. The molecule has 2 fully saturated rings. The third kappa shape index (κ3) is 3.86. The van der Waals surface area contributed by atoms with Crippen LogP contribution in [0.3, 0.4) is 0 Å². The summed E-state index contributed by atoms with van der Waals surface area (Å²) in [5.41, 5.74) is 4.01. The summed E-state index contributed by atoms with van der Waals surface area (Å²) in [6.45, 7) is 2.99. The molecule has 5 rings (SSSR count). The van der Waals surface area contributed by atoms with Gasteiger partial charge in [-0.3, -0.25) is 9.59 Å². The van der Waals surface area contributed by atoms with Crippen molar-refractivity contribution in [1.82, 2.24) is 10.2 Å². The summed E-state index contributed by atoms with van der Waals surface area (Å²) in [4.78, 5) is 38.6. The molecular formula is C26H28N2O5. The third-order valence-corrected chi connectivity index (χ3v) is 7.44. The van der Waals surface area contributed by atoms with Crippen LogP contribution in [-0.2, 0) is 14.3 Å². The van der Waals surface area contributed by atoms with E-state index in [4.69, 9.17) is 4.74 Å². The predicted octanol–water partition coefficient (Wildman–Crippen LogP) is 3.48. The van der Waals surface area contributed by atoms with Crippen LogP contribution in [0.4, 0.5) is 4.79 Å². The van der Waals surface area contributed by atoms with E-state index in [1.807, 2.05) is 31.2 Å². The van der Waals surface area contributed by atoms with Gasteiger partial charge in [-0.15, -0.1) is 0 Å². The third-order valence-electron chi connectivity index (χ3n) is 7.44. The first-order valence-corrected chi connectivity index (χ1v) is 11.5. The smallest absolute Gasteiger partial charge is 0.407 e. The molecule has 7 heteroatoms. The van der Waals surface area contributed by atoms with E-state index >= 15 is 0 Å². The van der Waals surface area contributed by atoms with Crippen LogP contribution in [0.2, 0.25) is 0 Å². The highest BCUT2D eigenvalue weighted by Crippen LogP contribution is 2.48. The number of carboxylic acid groups (broad SMARTS) is 1. The molecule has 7 nitrogen and oxygen atoms in total. The van der Waals surface area contributed by atoms with Gasteiger partial charge in [-0.2, -0.15) is 0 Å². The maximum Gasteiger partial charge on any atom is 0.407 e. The quantitative estimate of drug-likeness (QED) is 0.705. The highest BCUT2D eigenvalue weighted by atomic mass is 16.5. The zero-order valence-electron chi connectivity index (χ0n) is 18.6. The summed E-state index contributed by atoms with van der Waals surface area (Å²) >= 11 is 0. The Hall–Kier alpha value is -3.35. The topological polar surface area (TPSA) is 95.9 Å². The Labute approximate surface area is 192 Å². The molecule has 1 heterocycles. The van der Waals surface area contributed by atoms with E-state index in [-0.39, 0.29) is 37.4 Å². The Morgan fingerprint density at radius 3 is 2.18 bits per heavy atom. The summed E-state index contributed by atoms with van der Waals surface area (Å²) in [5.74, 6) is -1.53. The molecule has 2 aromatic rings. The molecule has 0 aromatic heterocycles. The number of rotatable bonds is 6. The van der Waals surface area contributed by atoms with Gasteiger partial charge in [0.25, 0.3) is 0 Å². The minimum atomic E-state index is -0.862. The molecule has 33 heavy (non-hydrogen) atoms. The van der Waals surface area contributed by atoms with Crippen molar-refractivity contribution >= 4 is 18.0 Å². The average molecular weight is 449 g/mol. The average Bonchev–Trinajstić information content (AvgIpc) is 3.41. The van der Waals surface area contributed by atoms with Gasteiger partial charge in [0.1, 0.15) is 6.61 Å². The number of carbonyl (C=O) groups excluding carboxylic acids is 2. The van der Waals surface area contributed by atoms with Gasteiger partial charge in [-0.05, 0) is 41.0 Å². The Balaban J connectivity index is 1.18.